The third kappa shape index (κ3) is 2.43. The minimum absolute atomic E-state index is 0.129. The number of rotatable bonds is 5. The second kappa shape index (κ2) is 4.72. The lowest BCUT2D eigenvalue weighted by Crippen LogP contribution is -2.61. The number of carbonyl (C=O) groups excluding carboxylic acids is 1. The zero-order valence-corrected chi connectivity index (χ0v) is 8.45. The van der Waals surface area contributed by atoms with E-state index in [1.807, 2.05) is 0 Å². The van der Waals surface area contributed by atoms with Gasteiger partial charge in [-0.15, -0.1) is 0 Å². The van der Waals surface area contributed by atoms with Crippen LogP contribution in [0.15, 0.2) is 0 Å². The molecule has 5 nitrogen and oxygen atoms in total. The molecule has 0 aromatic heterocycles. The Labute approximate surface area is 83.6 Å². The van der Waals surface area contributed by atoms with Crippen LogP contribution in [0.4, 0.5) is 0 Å². The van der Waals surface area contributed by atoms with Crippen molar-refractivity contribution in [3.8, 4) is 0 Å². The maximum Gasteiger partial charge on any atom is 0.240 e. The summed E-state index contributed by atoms with van der Waals surface area (Å²) in [5.74, 6) is -0.181. The van der Waals surface area contributed by atoms with Gasteiger partial charge in [-0.2, -0.15) is 0 Å². The quantitative estimate of drug-likeness (QED) is 0.533. The Morgan fingerprint density at radius 3 is 2.71 bits per heavy atom. The van der Waals surface area contributed by atoms with E-state index in [0.717, 1.165) is 19.3 Å². The van der Waals surface area contributed by atoms with E-state index in [9.17, 15) is 4.79 Å². The predicted octanol–water partition coefficient (Wildman–Crippen LogP) is -1.01. The number of ether oxygens (including phenoxy) is 1. The lowest BCUT2D eigenvalue weighted by atomic mass is 9.77. The van der Waals surface area contributed by atoms with Crippen molar-refractivity contribution in [1.82, 2.24) is 5.32 Å². The van der Waals surface area contributed by atoms with Crippen molar-refractivity contribution in [3.05, 3.63) is 0 Å². The van der Waals surface area contributed by atoms with Gasteiger partial charge in [0.05, 0.1) is 24.8 Å². The molecule has 0 radical (unpaired) electrons. The molecule has 0 bridgehead atoms. The van der Waals surface area contributed by atoms with Gasteiger partial charge in [0.2, 0.25) is 5.91 Å². The highest BCUT2D eigenvalue weighted by atomic mass is 16.5. The summed E-state index contributed by atoms with van der Waals surface area (Å²) in [6, 6.07) is -0.353. The van der Waals surface area contributed by atoms with Crippen molar-refractivity contribution in [2.24, 2.45) is 5.73 Å². The third-order valence-corrected chi connectivity index (χ3v) is 2.62. The average molecular weight is 202 g/mol. The van der Waals surface area contributed by atoms with Crippen LogP contribution >= 0.6 is 0 Å². The molecule has 1 saturated carbocycles. The Hall–Kier alpha value is -0.650. The number of nitrogens with one attached hydrogen (secondary N) is 1. The van der Waals surface area contributed by atoms with E-state index in [-0.39, 0.29) is 18.6 Å². The van der Waals surface area contributed by atoms with E-state index in [1.165, 1.54) is 7.11 Å². The Kier molecular flexibility index (Phi) is 3.86. The van der Waals surface area contributed by atoms with Crippen LogP contribution in [0.1, 0.15) is 19.3 Å². The van der Waals surface area contributed by atoms with Gasteiger partial charge >= 0.3 is 0 Å². The molecular formula is C9H18N2O3. The van der Waals surface area contributed by atoms with Crippen LogP contribution in [0.3, 0.4) is 0 Å². The highest BCUT2D eigenvalue weighted by Crippen LogP contribution is 2.29. The number of amides is 1. The van der Waals surface area contributed by atoms with Crippen molar-refractivity contribution in [2.75, 3.05) is 20.3 Å². The molecule has 5 heteroatoms. The van der Waals surface area contributed by atoms with Gasteiger partial charge in [0.1, 0.15) is 0 Å². The maximum absolute atomic E-state index is 11.6. The Balaban J connectivity index is 2.37. The molecule has 82 valence electrons. The lowest BCUT2D eigenvalue weighted by Gasteiger charge is -2.37. The van der Waals surface area contributed by atoms with Gasteiger partial charge < -0.3 is 20.9 Å². The summed E-state index contributed by atoms with van der Waals surface area (Å²) in [5.41, 5.74) is 5.10. The Morgan fingerprint density at radius 1 is 1.71 bits per heavy atom. The molecule has 14 heavy (non-hydrogen) atoms. The molecule has 0 aliphatic heterocycles. The van der Waals surface area contributed by atoms with Gasteiger partial charge in [0, 0.05) is 7.11 Å². The zero-order chi connectivity index (χ0) is 10.6. The molecule has 1 rings (SSSR count). The standard InChI is InChI=1S/C9H18N2O3/c1-14-6-7(5-12)11-8(13)9(10)3-2-4-9/h7,12H,2-6,10H2,1H3,(H,11,13). The maximum atomic E-state index is 11.6. The minimum Gasteiger partial charge on any atom is -0.394 e. The van der Waals surface area contributed by atoms with Crippen LogP contribution in [-0.4, -0.2) is 42.9 Å². The van der Waals surface area contributed by atoms with Gasteiger partial charge in [-0.3, -0.25) is 4.79 Å². The average Bonchev–Trinajstić information content (AvgIpc) is 2.13. The van der Waals surface area contributed by atoms with Gasteiger partial charge in [-0.1, -0.05) is 0 Å². The van der Waals surface area contributed by atoms with Crippen LogP contribution in [0.25, 0.3) is 0 Å². The number of hydrogen-bond acceptors (Lipinski definition) is 4. The fourth-order valence-electron chi connectivity index (χ4n) is 1.46. The summed E-state index contributed by atoms with van der Waals surface area (Å²) in [6.45, 7) is 0.175. The van der Waals surface area contributed by atoms with E-state index in [4.69, 9.17) is 15.6 Å². The molecule has 1 fully saturated rings. The van der Waals surface area contributed by atoms with E-state index in [0.29, 0.717) is 6.61 Å². The van der Waals surface area contributed by atoms with Crippen molar-refractivity contribution < 1.29 is 14.6 Å². The van der Waals surface area contributed by atoms with E-state index >= 15 is 0 Å². The van der Waals surface area contributed by atoms with Crippen LogP contribution in [0, 0.1) is 0 Å². The number of nitrogens with two attached hydrogens (primary N) is 1. The third-order valence-electron chi connectivity index (χ3n) is 2.62. The topological polar surface area (TPSA) is 84.6 Å². The number of carbonyl (C=O) groups is 1. The number of methoxy groups -OCH3 is 1. The van der Waals surface area contributed by atoms with Crippen molar-refractivity contribution >= 4 is 5.91 Å². The van der Waals surface area contributed by atoms with Crippen LogP contribution < -0.4 is 11.1 Å². The van der Waals surface area contributed by atoms with Crippen LogP contribution in [-0.2, 0) is 9.53 Å². The van der Waals surface area contributed by atoms with Gasteiger partial charge in [0.25, 0.3) is 0 Å². The molecule has 0 saturated heterocycles. The molecule has 0 heterocycles. The normalized spacial score (nSPS) is 21.1. The summed E-state index contributed by atoms with van der Waals surface area (Å²) in [4.78, 5) is 11.6. The minimum atomic E-state index is -0.707. The molecule has 1 aliphatic rings. The summed E-state index contributed by atoms with van der Waals surface area (Å²) in [5, 5.41) is 11.6. The SMILES string of the molecule is COCC(CO)NC(=O)C1(N)CCC1. The van der Waals surface area contributed by atoms with Crippen molar-refractivity contribution in [1.29, 1.82) is 0 Å². The first-order valence-electron chi connectivity index (χ1n) is 4.82. The van der Waals surface area contributed by atoms with Crippen LogP contribution in [0.5, 0.6) is 0 Å². The molecule has 1 aliphatic carbocycles. The predicted molar refractivity (Wildman–Crippen MR) is 51.7 cm³/mol. The molecular weight excluding hydrogens is 184 g/mol. The fraction of sp³-hybridized carbons (Fsp3) is 0.889. The number of hydrogen-bond donors (Lipinski definition) is 3. The molecule has 1 unspecified atom stereocenters. The van der Waals surface area contributed by atoms with Gasteiger partial charge in [0.15, 0.2) is 0 Å². The molecule has 4 N–H and O–H groups in total. The zero-order valence-electron chi connectivity index (χ0n) is 8.45. The summed E-state index contributed by atoms with van der Waals surface area (Å²) >= 11 is 0. The highest BCUT2D eigenvalue weighted by Gasteiger charge is 2.40. The van der Waals surface area contributed by atoms with Crippen molar-refractivity contribution in [3.63, 3.8) is 0 Å². The molecule has 0 aromatic rings. The summed E-state index contributed by atoms with van der Waals surface area (Å²) in [7, 11) is 1.52. The Bertz CT molecular complexity index is 204. The van der Waals surface area contributed by atoms with Gasteiger partial charge in [-0.05, 0) is 19.3 Å². The van der Waals surface area contributed by atoms with E-state index in [2.05, 4.69) is 5.32 Å². The van der Waals surface area contributed by atoms with Crippen molar-refractivity contribution in [2.45, 2.75) is 30.8 Å². The number of aliphatic hydroxyl groups is 1. The lowest BCUT2D eigenvalue weighted by molar-refractivity contribution is -0.130. The van der Waals surface area contributed by atoms with E-state index < -0.39 is 5.54 Å². The first-order chi connectivity index (χ1) is 6.62. The second-order valence-electron chi connectivity index (χ2n) is 3.82. The first kappa shape index (κ1) is 11.4. The van der Waals surface area contributed by atoms with Gasteiger partial charge in [-0.25, -0.2) is 0 Å². The molecule has 0 aromatic carbocycles. The van der Waals surface area contributed by atoms with E-state index in [1.54, 1.807) is 0 Å². The summed E-state index contributed by atoms with van der Waals surface area (Å²) in [6.07, 6.45) is 2.45. The largest absolute Gasteiger partial charge is 0.394 e. The fourth-order valence-corrected chi connectivity index (χ4v) is 1.46. The summed E-state index contributed by atoms with van der Waals surface area (Å²) < 4.78 is 4.84. The highest BCUT2D eigenvalue weighted by molar-refractivity contribution is 5.87. The molecule has 1 amide bonds. The Morgan fingerprint density at radius 2 is 2.36 bits per heavy atom. The monoisotopic (exact) mass is 202 g/mol. The second-order valence-corrected chi connectivity index (χ2v) is 3.82. The molecule has 0 spiro atoms. The number of aliphatic hydroxyl groups excluding tert-OH is 1. The smallest absolute Gasteiger partial charge is 0.240 e. The first-order valence-corrected chi connectivity index (χ1v) is 4.82. The molecule has 1 atom stereocenters. The van der Waals surface area contributed by atoms with Crippen LogP contribution in [0.2, 0.25) is 0 Å².